The number of hydrogen-bond donors (Lipinski definition) is 2. The van der Waals surface area contributed by atoms with Gasteiger partial charge in [0.1, 0.15) is 0 Å². The van der Waals surface area contributed by atoms with E-state index >= 15 is 0 Å². The molecule has 0 saturated carbocycles. The molecule has 1 aromatic heterocycles. The van der Waals surface area contributed by atoms with Gasteiger partial charge in [-0.05, 0) is 18.2 Å². The summed E-state index contributed by atoms with van der Waals surface area (Å²) in [7, 11) is 0. The van der Waals surface area contributed by atoms with Crippen LogP contribution in [0.5, 0.6) is 0 Å². The molecule has 0 aliphatic heterocycles. The number of nitrogens with two attached hydrogens (primary N) is 1. The molecule has 7 heteroatoms. The smallest absolute Gasteiger partial charge is 0.250 e. The quantitative estimate of drug-likeness (QED) is 0.884. The van der Waals surface area contributed by atoms with Crippen LogP contribution in [0.25, 0.3) is 0 Å². The van der Waals surface area contributed by atoms with Crippen LogP contribution in [0.2, 0.25) is 5.02 Å². The topological polar surface area (TPSA) is 94.0 Å². The van der Waals surface area contributed by atoms with Crippen molar-refractivity contribution in [3.8, 4) is 0 Å². The van der Waals surface area contributed by atoms with Crippen LogP contribution < -0.4 is 11.1 Å². The Morgan fingerprint density at radius 2 is 2.20 bits per heavy atom. The highest BCUT2D eigenvalue weighted by Gasteiger charge is 2.10. The van der Waals surface area contributed by atoms with Crippen molar-refractivity contribution in [2.75, 3.05) is 5.32 Å². The third kappa shape index (κ3) is 3.27. The fraction of sp³-hybridized carbons (Fsp3) is 0.308. The molecular weight excluding hydrogens is 280 g/mol. The van der Waals surface area contributed by atoms with E-state index in [1.807, 2.05) is 13.8 Å². The predicted molar refractivity (Wildman–Crippen MR) is 75.7 cm³/mol. The number of anilines is 1. The van der Waals surface area contributed by atoms with E-state index < -0.39 is 5.91 Å². The molecule has 0 saturated heterocycles. The molecule has 1 amide bonds. The van der Waals surface area contributed by atoms with E-state index in [0.717, 1.165) is 0 Å². The van der Waals surface area contributed by atoms with Gasteiger partial charge in [-0.15, -0.1) is 10.2 Å². The van der Waals surface area contributed by atoms with Crippen molar-refractivity contribution in [1.29, 1.82) is 0 Å². The predicted octanol–water partition coefficient (Wildman–Crippen LogP) is 2.56. The van der Waals surface area contributed by atoms with Gasteiger partial charge < -0.3 is 15.5 Å². The van der Waals surface area contributed by atoms with Gasteiger partial charge in [0.25, 0.3) is 0 Å². The van der Waals surface area contributed by atoms with Crippen LogP contribution in [0, 0.1) is 0 Å². The summed E-state index contributed by atoms with van der Waals surface area (Å²) in [6, 6.07) is 4.94. The summed E-state index contributed by atoms with van der Waals surface area (Å²) in [5.74, 6) is 0.687. The van der Waals surface area contributed by atoms with E-state index in [1.54, 1.807) is 18.2 Å². The number of rotatable bonds is 5. The first kappa shape index (κ1) is 14.3. The van der Waals surface area contributed by atoms with E-state index in [9.17, 15) is 4.79 Å². The molecule has 1 heterocycles. The van der Waals surface area contributed by atoms with E-state index in [-0.39, 0.29) is 11.5 Å². The lowest BCUT2D eigenvalue weighted by atomic mass is 10.2. The Morgan fingerprint density at radius 1 is 1.45 bits per heavy atom. The third-order valence-corrected chi connectivity index (χ3v) is 2.98. The van der Waals surface area contributed by atoms with E-state index in [0.29, 0.717) is 29.0 Å². The van der Waals surface area contributed by atoms with Gasteiger partial charge in [-0.3, -0.25) is 4.79 Å². The fourth-order valence-corrected chi connectivity index (χ4v) is 1.78. The second-order valence-electron chi connectivity index (χ2n) is 4.60. The number of primary amides is 1. The number of carbonyl (C=O) groups is 1. The zero-order chi connectivity index (χ0) is 14.7. The van der Waals surface area contributed by atoms with Crippen molar-refractivity contribution in [3.63, 3.8) is 0 Å². The minimum Gasteiger partial charge on any atom is -0.423 e. The molecule has 0 bridgehead atoms. The van der Waals surface area contributed by atoms with Crippen molar-refractivity contribution >= 4 is 23.2 Å². The van der Waals surface area contributed by atoms with Gasteiger partial charge >= 0.3 is 0 Å². The van der Waals surface area contributed by atoms with Crippen molar-refractivity contribution in [2.24, 2.45) is 5.73 Å². The molecule has 6 nitrogen and oxygen atoms in total. The van der Waals surface area contributed by atoms with Gasteiger partial charge in [0.15, 0.2) is 0 Å². The monoisotopic (exact) mass is 294 g/mol. The molecule has 0 aliphatic carbocycles. The lowest BCUT2D eigenvalue weighted by Gasteiger charge is -2.06. The Kier molecular flexibility index (Phi) is 4.24. The molecule has 0 aliphatic rings. The summed E-state index contributed by atoms with van der Waals surface area (Å²) in [6.07, 6.45) is 0. The van der Waals surface area contributed by atoms with Gasteiger partial charge in [0.2, 0.25) is 17.7 Å². The van der Waals surface area contributed by atoms with E-state index in [4.69, 9.17) is 21.8 Å². The number of hydrogen-bond acceptors (Lipinski definition) is 5. The molecule has 106 valence electrons. The number of amides is 1. The summed E-state index contributed by atoms with van der Waals surface area (Å²) in [5.41, 5.74) is 6.21. The van der Waals surface area contributed by atoms with Gasteiger partial charge in [-0.25, -0.2) is 0 Å². The van der Waals surface area contributed by atoms with Gasteiger partial charge in [0, 0.05) is 11.6 Å². The number of nitrogens with one attached hydrogen (secondary N) is 1. The normalized spacial score (nSPS) is 10.8. The standard InChI is InChI=1S/C13H15ClN4O2/c1-7(2)13-18-17-11(20-13)6-16-8-3-4-10(14)9(5-8)12(15)19/h3-5,7,16H,6H2,1-2H3,(H2,15,19). The van der Waals surface area contributed by atoms with Crippen LogP contribution in [-0.2, 0) is 6.54 Å². The summed E-state index contributed by atoms with van der Waals surface area (Å²) in [4.78, 5) is 11.2. The maximum Gasteiger partial charge on any atom is 0.250 e. The Labute approximate surface area is 121 Å². The highest BCUT2D eigenvalue weighted by atomic mass is 35.5. The first-order valence-corrected chi connectivity index (χ1v) is 6.50. The molecule has 3 N–H and O–H groups in total. The summed E-state index contributed by atoms with van der Waals surface area (Å²) >= 11 is 5.88. The number of nitrogens with zero attached hydrogens (tertiary/aromatic N) is 2. The van der Waals surface area contributed by atoms with Crippen molar-refractivity contribution < 1.29 is 9.21 Å². The SMILES string of the molecule is CC(C)c1nnc(CNc2ccc(Cl)c(C(N)=O)c2)o1. The average molecular weight is 295 g/mol. The molecule has 2 aromatic rings. The second kappa shape index (κ2) is 5.92. The Morgan fingerprint density at radius 3 is 2.80 bits per heavy atom. The zero-order valence-electron chi connectivity index (χ0n) is 11.2. The van der Waals surface area contributed by atoms with E-state index in [2.05, 4.69) is 15.5 Å². The number of halogens is 1. The third-order valence-electron chi connectivity index (χ3n) is 2.65. The molecule has 0 atom stereocenters. The number of carbonyl (C=O) groups excluding carboxylic acids is 1. The fourth-order valence-electron chi connectivity index (χ4n) is 1.57. The minimum atomic E-state index is -0.571. The average Bonchev–Trinajstić information content (AvgIpc) is 2.86. The van der Waals surface area contributed by atoms with Crippen molar-refractivity contribution in [2.45, 2.75) is 26.3 Å². The summed E-state index contributed by atoms with van der Waals surface area (Å²) < 4.78 is 5.47. The number of aromatic nitrogens is 2. The van der Waals surface area contributed by atoms with Crippen LogP contribution >= 0.6 is 11.6 Å². The maximum atomic E-state index is 11.2. The molecule has 20 heavy (non-hydrogen) atoms. The first-order valence-electron chi connectivity index (χ1n) is 6.13. The lowest BCUT2D eigenvalue weighted by molar-refractivity contribution is 0.100. The molecule has 0 fully saturated rings. The van der Waals surface area contributed by atoms with Crippen LogP contribution in [0.15, 0.2) is 22.6 Å². The maximum absolute atomic E-state index is 11.2. The molecule has 2 rings (SSSR count). The largest absolute Gasteiger partial charge is 0.423 e. The van der Waals surface area contributed by atoms with Crippen LogP contribution in [0.4, 0.5) is 5.69 Å². The van der Waals surface area contributed by atoms with Gasteiger partial charge in [-0.1, -0.05) is 25.4 Å². The highest BCUT2D eigenvalue weighted by Crippen LogP contribution is 2.20. The van der Waals surface area contributed by atoms with Crippen molar-refractivity contribution in [1.82, 2.24) is 10.2 Å². The van der Waals surface area contributed by atoms with Gasteiger partial charge in [-0.2, -0.15) is 0 Å². The second-order valence-corrected chi connectivity index (χ2v) is 5.01. The molecule has 0 spiro atoms. The van der Waals surface area contributed by atoms with Crippen LogP contribution in [0.1, 0.15) is 41.9 Å². The molecule has 1 aromatic carbocycles. The van der Waals surface area contributed by atoms with Crippen molar-refractivity contribution in [3.05, 3.63) is 40.6 Å². The molecule has 0 unspecified atom stereocenters. The van der Waals surface area contributed by atoms with Gasteiger partial charge in [0.05, 0.1) is 17.1 Å². The van der Waals surface area contributed by atoms with Crippen LogP contribution in [0.3, 0.4) is 0 Å². The number of benzene rings is 1. The minimum absolute atomic E-state index is 0.188. The molecule has 0 radical (unpaired) electrons. The van der Waals surface area contributed by atoms with E-state index in [1.165, 1.54) is 0 Å². The van der Waals surface area contributed by atoms with Crippen LogP contribution in [-0.4, -0.2) is 16.1 Å². The zero-order valence-corrected chi connectivity index (χ0v) is 11.9. The summed E-state index contributed by atoms with van der Waals surface area (Å²) in [5, 5.41) is 11.3. The highest BCUT2D eigenvalue weighted by molar-refractivity contribution is 6.33. The Hall–Kier alpha value is -2.08. The Bertz CT molecular complexity index is 625. The lowest BCUT2D eigenvalue weighted by Crippen LogP contribution is -2.12. The molecular formula is C13H15ClN4O2. The first-order chi connectivity index (χ1) is 9.47. The summed E-state index contributed by atoms with van der Waals surface area (Å²) in [6.45, 7) is 4.31. The Balaban J connectivity index is 2.06.